The summed E-state index contributed by atoms with van der Waals surface area (Å²) in [7, 11) is 2.16. The Bertz CT molecular complexity index is 443. The van der Waals surface area contributed by atoms with Crippen LogP contribution in [0.4, 0.5) is 11.4 Å². The number of nitrogens with zero attached hydrogens (tertiary/aromatic N) is 2. The van der Waals surface area contributed by atoms with E-state index in [-0.39, 0.29) is 5.54 Å². The number of likely N-dealkylation sites (N-methyl/N-ethyl adjacent to an activating group) is 1. The van der Waals surface area contributed by atoms with Gasteiger partial charge in [0.25, 0.3) is 0 Å². The quantitative estimate of drug-likeness (QED) is 0.875. The van der Waals surface area contributed by atoms with Gasteiger partial charge in [-0.05, 0) is 25.0 Å². The minimum absolute atomic E-state index is 0.0182. The van der Waals surface area contributed by atoms with Gasteiger partial charge in [-0.2, -0.15) is 0 Å². The zero-order valence-electron chi connectivity index (χ0n) is 11.6. The average Bonchev–Trinajstić information content (AvgIpc) is 2.48. The standard InChI is InChI=1S/C15H23N3O/c1-17-8-9-18(14-6-3-2-5-13(14)17)15(11-16)7-4-10-19-12-15/h2-3,5-6H,4,7-12,16H2,1H3. The molecule has 3 rings (SSSR count). The fourth-order valence-corrected chi connectivity index (χ4v) is 3.32. The summed E-state index contributed by atoms with van der Waals surface area (Å²) < 4.78 is 5.74. The molecular weight excluding hydrogens is 238 g/mol. The Morgan fingerprint density at radius 1 is 1.26 bits per heavy atom. The van der Waals surface area contributed by atoms with Crippen LogP contribution in [0.3, 0.4) is 0 Å². The summed E-state index contributed by atoms with van der Waals surface area (Å²) >= 11 is 0. The van der Waals surface area contributed by atoms with Crippen molar-refractivity contribution in [3.05, 3.63) is 24.3 Å². The van der Waals surface area contributed by atoms with Gasteiger partial charge in [0.15, 0.2) is 0 Å². The minimum Gasteiger partial charge on any atom is -0.379 e. The van der Waals surface area contributed by atoms with E-state index >= 15 is 0 Å². The molecule has 4 heteroatoms. The topological polar surface area (TPSA) is 41.7 Å². The number of hydrogen-bond acceptors (Lipinski definition) is 4. The van der Waals surface area contributed by atoms with Crippen LogP contribution >= 0.6 is 0 Å². The molecule has 0 spiro atoms. The van der Waals surface area contributed by atoms with E-state index in [9.17, 15) is 0 Å². The molecule has 4 nitrogen and oxygen atoms in total. The van der Waals surface area contributed by atoms with Crippen LogP contribution in [-0.4, -0.2) is 45.4 Å². The zero-order chi connectivity index (χ0) is 13.3. The van der Waals surface area contributed by atoms with Gasteiger partial charge in [-0.1, -0.05) is 12.1 Å². The number of fused-ring (bicyclic) bond motifs is 1. The molecule has 0 bridgehead atoms. The maximum Gasteiger partial charge on any atom is 0.0759 e. The molecule has 0 radical (unpaired) electrons. The van der Waals surface area contributed by atoms with Gasteiger partial charge in [-0.3, -0.25) is 0 Å². The fourth-order valence-electron chi connectivity index (χ4n) is 3.32. The van der Waals surface area contributed by atoms with E-state index < -0.39 is 0 Å². The van der Waals surface area contributed by atoms with Gasteiger partial charge in [-0.15, -0.1) is 0 Å². The second-order valence-corrected chi connectivity index (χ2v) is 5.65. The molecule has 1 aromatic rings. The van der Waals surface area contributed by atoms with Crippen LogP contribution in [0, 0.1) is 0 Å². The van der Waals surface area contributed by atoms with Crippen LogP contribution in [0.15, 0.2) is 24.3 Å². The van der Waals surface area contributed by atoms with Gasteiger partial charge in [-0.25, -0.2) is 0 Å². The van der Waals surface area contributed by atoms with Crippen LogP contribution in [0.25, 0.3) is 0 Å². The van der Waals surface area contributed by atoms with E-state index in [2.05, 4.69) is 41.1 Å². The number of benzene rings is 1. The summed E-state index contributed by atoms with van der Waals surface area (Å²) in [5.74, 6) is 0. The van der Waals surface area contributed by atoms with Gasteiger partial charge in [0, 0.05) is 33.3 Å². The second kappa shape index (κ2) is 5.02. The van der Waals surface area contributed by atoms with Gasteiger partial charge in [0.2, 0.25) is 0 Å². The fraction of sp³-hybridized carbons (Fsp3) is 0.600. The van der Waals surface area contributed by atoms with E-state index in [4.69, 9.17) is 10.5 Å². The third-order valence-corrected chi connectivity index (χ3v) is 4.50. The Morgan fingerprint density at radius 3 is 2.74 bits per heavy atom. The van der Waals surface area contributed by atoms with Crippen LogP contribution in [0.5, 0.6) is 0 Å². The summed E-state index contributed by atoms with van der Waals surface area (Å²) in [4.78, 5) is 4.81. The van der Waals surface area contributed by atoms with E-state index in [1.54, 1.807) is 0 Å². The van der Waals surface area contributed by atoms with Crippen molar-refractivity contribution < 1.29 is 4.74 Å². The van der Waals surface area contributed by atoms with Crippen LogP contribution in [-0.2, 0) is 4.74 Å². The first-order valence-electron chi connectivity index (χ1n) is 7.12. The molecule has 2 N–H and O–H groups in total. The van der Waals surface area contributed by atoms with Gasteiger partial charge < -0.3 is 20.3 Å². The van der Waals surface area contributed by atoms with E-state index in [0.717, 1.165) is 39.1 Å². The summed E-state index contributed by atoms with van der Waals surface area (Å²) in [6, 6.07) is 8.61. The minimum atomic E-state index is -0.0182. The summed E-state index contributed by atoms with van der Waals surface area (Å²) in [6.45, 7) is 4.34. The van der Waals surface area contributed by atoms with E-state index in [0.29, 0.717) is 6.54 Å². The van der Waals surface area contributed by atoms with Crippen molar-refractivity contribution in [2.75, 3.05) is 49.7 Å². The molecule has 19 heavy (non-hydrogen) atoms. The molecule has 0 aliphatic carbocycles. The van der Waals surface area contributed by atoms with Crippen LogP contribution in [0.2, 0.25) is 0 Å². The zero-order valence-corrected chi connectivity index (χ0v) is 11.6. The second-order valence-electron chi connectivity index (χ2n) is 5.65. The molecule has 1 fully saturated rings. The van der Waals surface area contributed by atoms with Gasteiger partial charge in [0.05, 0.1) is 23.5 Å². The molecule has 0 amide bonds. The van der Waals surface area contributed by atoms with Crippen LogP contribution in [0.1, 0.15) is 12.8 Å². The molecule has 2 heterocycles. The van der Waals surface area contributed by atoms with E-state index in [1.165, 1.54) is 11.4 Å². The maximum atomic E-state index is 6.13. The summed E-state index contributed by atoms with van der Waals surface area (Å²) in [5, 5.41) is 0. The van der Waals surface area contributed by atoms with E-state index in [1.807, 2.05) is 0 Å². The highest BCUT2D eigenvalue weighted by Crippen LogP contribution is 2.38. The van der Waals surface area contributed by atoms with Gasteiger partial charge >= 0.3 is 0 Å². The van der Waals surface area contributed by atoms with Crippen molar-refractivity contribution in [3.8, 4) is 0 Å². The average molecular weight is 261 g/mol. The molecule has 1 atom stereocenters. The number of nitrogens with two attached hydrogens (primary N) is 1. The Morgan fingerprint density at radius 2 is 2.05 bits per heavy atom. The van der Waals surface area contributed by atoms with Crippen molar-refractivity contribution in [2.24, 2.45) is 5.73 Å². The lowest BCUT2D eigenvalue weighted by Gasteiger charge is -2.50. The Labute approximate surface area is 115 Å². The predicted octanol–water partition coefficient (Wildman–Crippen LogP) is 1.45. The SMILES string of the molecule is CN1CCN(C2(CN)CCCOC2)c2ccccc21. The molecule has 1 unspecified atom stereocenters. The number of hydrogen-bond donors (Lipinski definition) is 1. The first-order valence-corrected chi connectivity index (χ1v) is 7.12. The highest BCUT2D eigenvalue weighted by molar-refractivity contribution is 5.74. The third-order valence-electron chi connectivity index (χ3n) is 4.50. The molecule has 2 aliphatic rings. The molecule has 0 saturated carbocycles. The number of ether oxygens (including phenoxy) is 1. The first-order chi connectivity index (χ1) is 9.27. The highest BCUT2D eigenvalue weighted by atomic mass is 16.5. The monoisotopic (exact) mass is 261 g/mol. The van der Waals surface area contributed by atoms with Crippen molar-refractivity contribution in [2.45, 2.75) is 18.4 Å². The molecule has 2 aliphatic heterocycles. The number of para-hydroxylation sites is 2. The Balaban J connectivity index is 1.99. The molecule has 1 saturated heterocycles. The summed E-state index contributed by atoms with van der Waals surface area (Å²) in [5.41, 5.74) is 8.70. The predicted molar refractivity (Wildman–Crippen MR) is 78.9 cm³/mol. The van der Waals surface area contributed by atoms with Crippen LogP contribution < -0.4 is 15.5 Å². The molecule has 1 aromatic carbocycles. The third kappa shape index (κ3) is 2.09. The van der Waals surface area contributed by atoms with Gasteiger partial charge in [0.1, 0.15) is 0 Å². The number of rotatable bonds is 2. The lowest BCUT2D eigenvalue weighted by molar-refractivity contribution is 0.0374. The normalized spacial score (nSPS) is 27.3. The molecule has 0 aromatic heterocycles. The Hall–Kier alpha value is -1.26. The molecular formula is C15H23N3O. The highest BCUT2D eigenvalue weighted by Gasteiger charge is 2.40. The lowest BCUT2D eigenvalue weighted by atomic mass is 9.88. The number of anilines is 2. The first kappa shape index (κ1) is 12.8. The largest absolute Gasteiger partial charge is 0.379 e. The Kier molecular flexibility index (Phi) is 3.37. The van der Waals surface area contributed by atoms with Crippen molar-refractivity contribution in [3.63, 3.8) is 0 Å². The summed E-state index contributed by atoms with van der Waals surface area (Å²) in [6.07, 6.45) is 2.23. The van der Waals surface area contributed by atoms with Crippen molar-refractivity contribution >= 4 is 11.4 Å². The smallest absolute Gasteiger partial charge is 0.0759 e. The maximum absolute atomic E-state index is 6.13. The lowest BCUT2D eigenvalue weighted by Crippen LogP contribution is -2.61. The van der Waals surface area contributed by atoms with Crippen molar-refractivity contribution in [1.82, 2.24) is 0 Å². The molecule has 104 valence electrons. The van der Waals surface area contributed by atoms with Crippen molar-refractivity contribution in [1.29, 1.82) is 0 Å².